The third kappa shape index (κ3) is 6.46. The minimum absolute atomic E-state index is 0.259. The molecule has 0 unspecified atom stereocenters. The molecule has 42 heavy (non-hydrogen) atoms. The molecule has 5 rings (SSSR count). The molecular formula is C30H36F2N6O4. The number of carbonyl (C=O) groups excluding carboxylic acids is 3. The highest BCUT2D eigenvalue weighted by molar-refractivity contribution is 6.07. The van der Waals surface area contributed by atoms with E-state index in [1.807, 2.05) is 0 Å². The largest absolute Gasteiger partial charge is 0.494 e. The summed E-state index contributed by atoms with van der Waals surface area (Å²) in [6.07, 6.45) is 3.21. The van der Waals surface area contributed by atoms with Gasteiger partial charge in [-0.3, -0.25) is 24.3 Å². The Morgan fingerprint density at radius 1 is 1.17 bits per heavy atom. The van der Waals surface area contributed by atoms with Gasteiger partial charge in [0.05, 0.1) is 36.8 Å². The van der Waals surface area contributed by atoms with Gasteiger partial charge < -0.3 is 19.9 Å². The van der Waals surface area contributed by atoms with Crippen LogP contribution in [0.5, 0.6) is 5.75 Å². The van der Waals surface area contributed by atoms with Crippen LogP contribution in [0.15, 0.2) is 30.5 Å². The standard InChI is InChI=1S/C30H36F2N6O4/c1-19(2)10-27(39)37-17-20-11-21(37)16-36(20)8-3-9-42-23-4-5-26-25(12-23)24(6-7-34-26)29(41)35-15-28(40)38-18-30(31,32)13-22(38)14-33/h4-7,12,19-22H,3,8-11,13,15-18H2,1-2H3,(H,35,41)/t20-,21-,22+/m1/s1. The van der Waals surface area contributed by atoms with Crippen LogP contribution in [0.4, 0.5) is 8.78 Å². The van der Waals surface area contributed by atoms with Crippen LogP contribution in [0.25, 0.3) is 10.9 Å². The zero-order valence-electron chi connectivity index (χ0n) is 23.9. The normalized spacial score (nSPS) is 23.0. The van der Waals surface area contributed by atoms with Crippen LogP contribution < -0.4 is 10.1 Å². The fraction of sp³-hybridized carbons (Fsp3) is 0.567. The molecule has 0 saturated carbocycles. The summed E-state index contributed by atoms with van der Waals surface area (Å²) in [5, 5.41) is 12.2. The predicted octanol–water partition coefficient (Wildman–Crippen LogP) is 2.82. The third-order valence-corrected chi connectivity index (χ3v) is 8.21. The van der Waals surface area contributed by atoms with Gasteiger partial charge in [-0.15, -0.1) is 0 Å². The second kappa shape index (κ2) is 12.2. The predicted molar refractivity (Wildman–Crippen MR) is 150 cm³/mol. The Morgan fingerprint density at radius 2 is 1.98 bits per heavy atom. The maximum absolute atomic E-state index is 13.7. The lowest BCUT2D eigenvalue weighted by Crippen LogP contribution is -2.49. The zero-order valence-corrected chi connectivity index (χ0v) is 23.9. The molecule has 224 valence electrons. The van der Waals surface area contributed by atoms with Crippen LogP contribution in [-0.4, -0.2) is 101 Å². The van der Waals surface area contributed by atoms with Crippen molar-refractivity contribution in [2.75, 3.05) is 39.3 Å². The van der Waals surface area contributed by atoms with Gasteiger partial charge in [0.2, 0.25) is 11.8 Å². The lowest BCUT2D eigenvalue weighted by atomic mass is 10.1. The number of aromatic nitrogens is 1. The number of nitriles is 1. The number of hydrogen-bond acceptors (Lipinski definition) is 7. The van der Waals surface area contributed by atoms with Crippen molar-refractivity contribution in [1.29, 1.82) is 5.26 Å². The molecule has 1 N–H and O–H groups in total. The maximum Gasteiger partial charge on any atom is 0.268 e. The first-order valence-electron chi connectivity index (χ1n) is 14.4. The van der Waals surface area contributed by atoms with E-state index in [9.17, 15) is 23.2 Å². The fourth-order valence-corrected chi connectivity index (χ4v) is 6.21. The molecule has 0 radical (unpaired) electrons. The number of pyridine rings is 1. The Labute approximate surface area is 243 Å². The Bertz CT molecular complexity index is 1400. The number of piperazine rings is 1. The van der Waals surface area contributed by atoms with Crippen molar-refractivity contribution in [1.82, 2.24) is 25.0 Å². The van der Waals surface area contributed by atoms with E-state index >= 15 is 0 Å². The van der Waals surface area contributed by atoms with Crippen LogP contribution in [-0.2, 0) is 9.59 Å². The van der Waals surface area contributed by atoms with Crippen molar-refractivity contribution in [3.63, 3.8) is 0 Å². The number of nitrogens with one attached hydrogen (secondary N) is 1. The number of nitrogens with zero attached hydrogens (tertiary/aromatic N) is 5. The number of benzene rings is 1. The molecule has 10 nitrogen and oxygen atoms in total. The molecule has 3 aliphatic rings. The molecule has 0 aliphatic carbocycles. The lowest BCUT2D eigenvalue weighted by Gasteiger charge is -2.34. The SMILES string of the molecule is CC(C)CC(=O)N1C[C@H]2C[C@@H]1CN2CCCOc1ccc2nccc(C(=O)NCC(=O)N3CC(F)(F)C[C@H]3C#N)c2c1. The Morgan fingerprint density at radius 3 is 2.69 bits per heavy atom. The van der Waals surface area contributed by atoms with E-state index in [2.05, 4.69) is 33.9 Å². The van der Waals surface area contributed by atoms with Crippen molar-refractivity contribution in [2.45, 2.75) is 63.6 Å². The van der Waals surface area contributed by atoms with E-state index in [0.717, 1.165) is 37.4 Å². The van der Waals surface area contributed by atoms with Gasteiger partial charge in [0.15, 0.2) is 0 Å². The summed E-state index contributed by atoms with van der Waals surface area (Å²) in [5.74, 6) is -3.23. The van der Waals surface area contributed by atoms with Gasteiger partial charge in [-0.05, 0) is 43.0 Å². The fourth-order valence-electron chi connectivity index (χ4n) is 6.21. The molecule has 2 bridgehead atoms. The summed E-state index contributed by atoms with van der Waals surface area (Å²) in [7, 11) is 0. The number of rotatable bonds is 10. The zero-order chi connectivity index (χ0) is 30.0. The molecule has 4 heterocycles. The summed E-state index contributed by atoms with van der Waals surface area (Å²) in [4.78, 5) is 47.6. The summed E-state index contributed by atoms with van der Waals surface area (Å²) in [6.45, 7) is 5.84. The van der Waals surface area contributed by atoms with E-state index in [1.54, 1.807) is 24.3 Å². The number of halogens is 2. The molecule has 12 heteroatoms. The molecule has 3 fully saturated rings. The molecule has 3 aliphatic heterocycles. The van der Waals surface area contributed by atoms with Crippen molar-refractivity contribution in [3.05, 3.63) is 36.0 Å². The quantitative estimate of drug-likeness (QED) is 0.428. The van der Waals surface area contributed by atoms with Gasteiger partial charge in [0.25, 0.3) is 11.8 Å². The highest BCUT2D eigenvalue weighted by Gasteiger charge is 2.47. The van der Waals surface area contributed by atoms with Crippen molar-refractivity contribution in [3.8, 4) is 11.8 Å². The van der Waals surface area contributed by atoms with E-state index in [-0.39, 0.29) is 11.5 Å². The number of fused-ring (bicyclic) bond motifs is 3. The highest BCUT2D eigenvalue weighted by Crippen LogP contribution is 2.33. The number of carbonyl (C=O) groups is 3. The monoisotopic (exact) mass is 582 g/mol. The average Bonchev–Trinajstić information content (AvgIpc) is 3.65. The molecule has 3 amide bonds. The number of likely N-dealkylation sites (tertiary alicyclic amines) is 3. The van der Waals surface area contributed by atoms with Gasteiger partial charge in [0.1, 0.15) is 11.8 Å². The number of amides is 3. The van der Waals surface area contributed by atoms with Gasteiger partial charge >= 0.3 is 0 Å². The number of hydrogen-bond donors (Lipinski definition) is 1. The van der Waals surface area contributed by atoms with Crippen molar-refractivity contribution < 1.29 is 27.9 Å². The minimum Gasteiger partial charge on any atom is -0.494 e. The first-order valence-corrected chi connectivity index (χ1v) is 14.4. The summed E-state index contributed by atoms with van der Waals surface area (Å²) < 4.78 is 33.4. The summed E-state index contributed by atoms with van der Waals surface area (Å²) in [5.41, 5.74) is 0.834. The second-order valence-electron chi connectivity index (χ2n) is 11.8. The van der Waals surface area contributed by atoms with Crippen molar-refractivity contribution >= 4 is 28.6 Å². The molecule has 1 aromatic carbocycles. The van der Waals surface area contributed by atoms with E-state index in [0.29, 0.717) is 47.7 Å². The highest BCUT2D eigenvalue weighted by atomic mass is 19.3. The van der Waals surface area contributed by atoms with E-state index in [1.165, 1.54) is 12.3 Å². The second-order valence-corrected chi connectivity index (χ2v) is 11.8. The Balaban J connectivity index is 1.12. The number of alkyl halides is 2. The van der Waals surface area contributed by atoms with E-state index in [4.69, 9.17) is 10.00 Å². The Hall–Kier alpha value is -3.85. The van der Waals surface area contributed by atoms with E-state index < -0.39 is 43.3 Å². The average molecular weight is 583 g/mol. The van der Waals surface area contributed by atoms with Gasteiger partial charge in [0, 0.05) is 56.1 Å². The summed E-state index contributed by atoms with van der Waals surface area (Å²) in [6, 6.07) is 7.99. The molecular weight excluding hydrogens is 546 g/mol. The van der Waals surface area contributed by atoms with Crippen LogP contribution in [0, 0.1) is 17.2 Å². The first-order chi connectivity index (χ1) is 20.0. The minimum atomic E-state index is -3.12. The van der Waals surface area contributed by atoms with Crippen LogP contribution >= 0.6 is 0 Å². The summed E-state index contributed by atoms with van der Waals surface area (Å²) >= 11 is 0. The molecule has 3 saturated heterocycles. The van der Waals surface area contributed by atoms with Gasteiger partial charge in [-0.2, -0.15) is 5.26 Å². The molecule has 2 aromatic rings. The Kier molecular flexibility index (Phi) is 8.59. The molecule has 0 spiro atoms. The van der Waals surface area contributed by atoms with Crippen LogP contribution in [0.2, 0.25) is 0 Å². The molecule has 3 atom stereocenters. The lowest BCUT2D eigenvalue weighted by molar-refractivity contribution is -0.134. The maximum atomic E-state index is 13.7. The van der Waals surface area contributed by atoms with Gasteiger partial charge in [-0.1, -0.05) is 13.8 Å². The van der Waals surface area contributed by atoms with Crippen LogP contribution in [0.1, 0.15) is 49.9 Å². The van der Waals surface area contributed by atoms with Crippen molar-refractivity contribution in [2.24, 2.45) is 5.92 Å². The van der Waals surface area contributed by atoms with Crippen LogP contribution in [0.3, 0.4) is 0 Å². The topological polar surface area (TPSA) is 119 Å². The molecule has 1 aromatic heterocycles. The first kappa shape index (κ1) is 29.6. The smallest absolute Gasteiger partial charge is 0.268 e. The number of ether oxygens (including phenoxy) is 1. The van der Waals surface area contributed by atoms with Gasteiger partial charge in [-0.25, -0.2) is 8.78 Å². The third-order valence-electron chi connectivity index (χ3n) is 8.21.